The number of hydrogen-bond donors (Lipinski definition) is 0. The number of carbonyl (C=O) groups excluding carboxylic acids is 1. The maximum Gasteiger partial charge on any atom is 0.130 e. The molecule has 13 heavy (non-hydrogen) atoms. The Morgan fingerprint density at radius 1 is 1.54 bits per heavy atom. The maximum atomic E-state index is 11.0. The van der Waals surface area contributed by atoms with Crippen LogP contribution in [0.1, 0.15) is 45.4 Å². The minimum Gasteiger partial charge on any atom is -0.375 e. The van der Waals surface area contributed by atoms with E-state index in [0.29, 0.717) is 11.7 Å². The van der Waals surface area contributed by atoms with Crippen molar-refractivity contribution in [3.8, 4) is 0 Å². The standard InChI is InChI=1S/C11H18O2/c1-9(12)7-10-3-6-13-11(8-10)4-2-5-11/h10H,2-8H2,1H3. The van der Waals surface area contributed by atoms with Crippen LogP contribution in [-0.4, -0.2) is 18.0 Å². The number of hydrogen-bond acceptors (Lipinski definition) is 2. The van der Waals surface area contributed by atoms with Crippen LogP contribution in [0, 0.1) is 5.92 Å². The molecule has 1 saturated carbocycles. The summed E-state index contributed by atoms with van der Waals surface area (Å²) in [6.45, 7) is 2.57. The summed E-state index contributed by atoms with van der Waals surface area (Å²) in [5, 5.41) is 0. The largest absolute Gasteiger partial charge is 0.375 e. The molecular formula is C11H18O2. The van der Waals surface area contributed by atoms with Gasteiger partial charge in [0.25, 0.3) is 0 Å². The smallest absolute Gasteiger partial charge is 0.130 e. The molecule has 0 aromatic carbocycles. The van der Waals surface area contributed by atoms with Gasteiger partial charge in [-0.3, -0.25) is 0 Å². The number of ketones is 1. The molecular weight excluding hydrogens is 164 g/mol. The minimum atomic E-state index is 0.207. The second kappa shape index (κ2) is 3.41. The van der Waals surface area contributed by atoms with Crippen LogP contribution in [0.25, 0.3) is 0 Å². The fourth-order valence-electron chi connectivity index (χ4n) is 2.63. The van der Waals surface area contributed by atoms with Gasteiger partial charge in [-0.1, -0.05) is 0 Å². The lowest BCUT2D eigenvalue weighted by atomic mass is 9.71. The van der Waals surface area contributed by atoms with Crippen molar-refractivity contribution >= 4 is 5.78 Å². The molecule has 2 heteroatoms. The summed E-state index contributed by atoms with van der Waals surface area (Å²) in [5.74, 6) is 0.938. The summed E-state index contributed by atoms with van der Waals surface area (Å²) >= 11 is 0. The fourth-order valence-corrected chi connectivity index (χ4v) is 2.63. The molecule has 0 N–H and O–H groups in total. The SMILES string of the molecule is CC(=O)CC1CCOC2(CCC2)C1. The number of rotatable bonds is 2. The molecule has 1 saturated heterocycles. The van der Waals surface area contributed by atoms with E-state index in [1.165, 1.54) is 19.3 Å². The van der Waals surface area contributed by atoms with Crippen molar-refractivity contribution in [1.82, 2.24) is 0 Å². The zero-order valence-electron chi connectivity index (χ0n) is 8.34. The quantitative estimate of drug-likeness (QED) is 0.655. The van der Waals surface area contributed by atoms with E-state index in [9.17, 15) is 4.79 Å². The Balaban J connectivity index is 1.88. The summed E-state index contributed by atoms with van der Waals surface area (Å²) in [6, 6.07) is 0. The molecule has 0 bridgehead atoms. The van der Waals surface area contributed by atoms with Crippen LogP contribution in [0.3, 0.4) is 0 Å². The van der Waals surface area contributed by atoms with E-state index in [-0.39, 0.29) is 5.60 Å². The molecule has 1 heterocycles. The molecule has 0 aromatic heterocycles. The molecule has 2 fully saturated rings. The molecule has 1 atom stereocenters. The lowest BCUT2D eigenvalue weighted by molar-refractivity contribution is -0.146. The average Bonchev–Trinajstić information content (AvgIpc) is 2.01. The van der Waals surface area contributed by atoms with E-state index in [2.05, 4.69) is 0 Å². The Labute approximate surface area is 79.7 Å². The summed E-state index contributed by atoms with van der Waals surface area (Å²) in [4.78, 5) is 11.0. The van der Waals surface area contributed by atoms with Gasteiger partial charge in [0.1, 0.15) is 5.78 Å². The van der Waals surface area contributed by atoms with E-state index in [4.69, 9.17) is 4.74 Å². The van der Waals surface area contributed by atoms with Crippen LogP contribution >= 0.6 is 0 Å². The Morgan fingerprint density at radius 3 is 2.85 bits per heavy atom. The molecule has 1 unspecified atom stereocenters. The lowest BCUT2D eigenvalue weighted by Crippen LogP contribution is -2.45. The summed E-state index contributed by atoms with van der Waals surface area (Å²) in [6.07, 6.45) is 6.74. The highest BCUT2D eigenvalue weighted by Crippen LogP contribution is 2.44. The van der Waals surface area contributed by atoms with E-state index < -0.39 is 0 Å². The molecule has 0 amide bonds. The van der Waals surface area contributed by atoms with Gasteiger partial charge in [0, 0.05) is 13.0 Å². The van der Waals surface area contributed by atoms with Crippen molar-refractivity contribution in [2.45, 2.75) is 51.0 Å². The van der Waals surface area contributed by atoms with Crippen LogP contribution in [0.5, 0.6) is 0 Å². The molecule has 2 aliphatic rings. The summed E-state index contributed by atoms with van der Waals surface area (Å²) in [7, 11) is 0. The van der Waals surface area contributed by atoms with Crippen molar-refractivity contribution in [3.05, 3.63) is 0 Å². The van der Waals surface area contributed by atoms with E-state index in [0.717, 1.165) is 25.9 Å². The zero-order chi connectivity index (χ0) is 9.31. The molecule has 0 aromatic rings. The van der Waals surface area contributed by atoms with E-state index in [1.807, 2.05) is 0 Å². The van der Waals surface area contributed by atoms with Crippen LogP contribution in [0.4, 0.5) is 0 Å². The number of Topliss-reactive ketones (excluding diaryl/α,β-unsaturated/α-hetero) is 1. The van der Waals surface area contributed by atoms with Crippen LogP contribution in [-0.2, 0) is 9.53 Å². The van der Waals surface area contributed by atoms with E-state index in [1.54, 1.807) is 6.92 Å². The topological polar surface area (TPSA) is 26.3 Å². The van der Waals surface area contributed by atoms with Crippen molar-refractivity contribution in [3.63, 3.8) is 0 Å². The predicted octanol–water partition coefficient (Wildman–Crippen LogP) is 2.31. The molecule has 1 spiro atoms. The van der Waals surface area contributed by atoms with Crippen LogP contribution < -0.4 is 0 Å². The van der Waals surface area contributed by atoms with Crippen molar-refractivity contribution in [2.24, 2.45) is 5.92 Å². The highest BCUT2D eigenvalue weighted by Gasteiger charge is 2.42. The highest BCUT2D eigenvalue weighted by molar-refractivity contribution is 5.75. The van der Waals surface area contributed by atoms with Gasteiger partial charge in [0.05, 0.1) is 5.60 Å². The highest BCUT2D eigenvalue weighted by atomic mass is 16.5. The summed E-state index contributed by atoms with van der Waals surface area (Å²) in [5.41, 5.74) is 0.207. The Morgan fingerprint density at radius 2 is 2.31 bits per heavy atom. The minimum absolute atomic E-state index is 0.207. The molecule has 1 aliphatic carbocycles. The van der Waals surface area contributed by atoms with Crippen LogP contribution in [0.15, 0.2) is 0 Å². The van der Waals surface area contributed by atoms with Gasteiger partial charge in [0.15, 0.2) is 0 Å². The first-order chi connectivity index (χ1) is 6.20. The first kappa shape index (κ1) is 9.20. The predicted molar refractivity (Wildman–Crippen MR) is 50.6 cm³/mol. The van der Waals surface area contributed by atoms with Gasteiger partial charge in [-0.05, 0) is 44.9 Å². The average molecular weight is 182 g/mol. The Kier molecular flexibility index (Phi) is 2.41. The molecule has 2 nitrogen and oxygen atoms in total. The van der Waals surface area contributed by atoms with Gasteiger partial charge in [-0.15, -0.1) is 0 Å². The molecule has 2 rings (SSSR count). The Hall–Kier alpha value is -0.370. The molecule has 0 radical (unpaired) electrons. The third-order valence-electron chi connectivity index (χ3n) is 3.44. The summed E-state index contributed by atoms with van der Waals surface area (Å²) < 4.78 is 5.80. The third kappa shape index (κ3) is 1.93. The normalized spacial score (nSPS) is 31.3. The number of ether oxygens (including phenoxy) is 1. The maximum absolute atomic E-state index is 11.0. The first-order valence-electron chi connectivity index (χ1n) is 5.34. The van der Waals surface area contributed by atoms with E-state index >= 15 is 0 Å². The number of carbonyl (C=O) groups is 1. The van der Waals surface area contributed by atoms with Crippen molar-refractivity contribution < 1.29 is 9.53 Å². The monoisotopic (exact) mass is 182 g/mol. The van der Waals surface area contributed by atoms with Gasteiger partial charge >= 0.3 is 0 Å². The fraction of sp³-hybridized carbons (Fsp3) is 0.909. The second-order valence-corrected chi connectivity index (χ2v) is 4.65. The van der Waals surface area contributed by atoms with Crippen LogP contribution in [0.2, 0.25) is 0 Å². The lowest BCUT2D eigenvalue weighted by Gasteiger charge is -2.47. The van der Waals surface area contributed by atoms with Gasteiger partial charge in [0.2, 0.25) is 0 Å². The van der Waals surface area contributed by atoms with Crippen molar-refractivity contribution in [2.75, 3.05) is 6.61 Å². The molecule has 74 valence electrons. The van der Waals surface area contributed by atoms with Gasteiger partial charge in [-0.25, -0.2) is 0 Å². The third-order valence-corrected chi connectivity index (χ3v) is 3.44. The van der Waals surface area contributed by atoms with Gasteiger partial charge < -0.3 is 9.53 Å². The van der Waals surface area contributed by atoms with Crippen molar-refractivity contribution in [1.29, 1.82) is 0 Å². The Bertz CT molecular complexity index is 206. The second-order valence-electron chi connectivity index (χ2n) is 4.65. The zero-order valence-corrected chi connectivity index (χ0v) is 8.34. The first-order valence-corrected chi connectivity index (χ1v) is 5.34. The molecule has 1 aliphatic heterocycles. The van der Waals surface area contributed by atoms with Gasteiger partial charge in [-0.2, -0.15) is 0 Å².